The van der Waals surface area contributed by atoms with Crippen molar-refractivity contribution in [1.82, 2.24) is 5.32 Å². The maximum atomic E-state index is 13.0. The highest BCUT2D eigenvalue weighted by atomic mass is 79.9. The summed E-state index contributed by atoms with van der Waals surface area (Å²) in [4.78, 5) is 12.0. The van der Waals surface area contributed by atoms with Gasteiger partial charge in [0.25, 0.3) is 5.91 Å². The van der Waals surface area contributed by atoms with E-state index in [4.69, 9.17) is 5.73 Å². The molecular formula is C13H15BrClF3N2O. The number of carbonyl (C=O) groups is 1. The largest absolute Gasteiger partial charge is 0.417 e. The van der Waals surface area contributed by atoms with Crippen molar-refractivity contribution in [2.45, 2.75) is 25.1 Å². The van der Waals surface area contributed by atoms with Gasteiger partial charge in [-0.05, 0) is 37.0 Å². The van der Waals surface area contributed by atoms with Crippen LogP contribution in [-0.2, 0) is 6.18 Å². The first-order valence-corrected chi connectivity index (χ1v) is 7.00. The molecule has 1 saturated carbocycles. The molecule has 0 spiro atoms. The number of benzene rings is 1. The topological polar surface area (TPSA) is 55.1 Å². The van der Waals surface area contributed by atoms with E-state index in [0.717, 1.165) is 18.9 Å². The number of amides is 1. The maximum absolute atomic E-state index is 13.0. The van der Waals surface area contributed by atoms with Gasteiger partial charge >= 0.3 is 6.18 Å². The Morgan fingerprint density at radius 1 is 1.43 bits per heavy atom. The van der Waals surface area contributed by atoms with Gasteiger partial charge in [0.1, 0.15) is 0 Å². The quantitative estimate of drug-likeness (QED) is 0.832. The lowest BCUT2D eigenvalue weighted by molar-refractivity contribution is -0.138. The van der Waals surface area contributed by atoms with Crippen molar-refractivity contribution in [1.29, 1.82) is 0 Å². The van der Waals surface area contributed by atoms with Crippen molar-refractivity contribution in [2.24, 2.45) is 11.7 Å². The molecule has 1 aromatic rings. The molecule has 1 atom stereocenters. The third-order valence-corrected chi connectivity index (χ3v) is 3.79. The second-order valence-corrected chi connectivity index (χ2v) is 5.76. The lowest BCUT2D eigenvalue weighted by Crippen LogP contribution is -2.42. The Bertz CT molecular complexity index is 521. The van der Waals surface area contributed by atoms with Gasteiger partial charge in [-0.1, -0.05) is 15.9 Å². The van der Waals surface area contributed by atoms with Crippen LogP contribution in [0.2, 0.25) is 0 Å². The zero-order valence-corrected chi connectivity index (χ0v) is 13.3. The molecule has 21 heavy (non-hydrogen) atoms. The van der Waals surface area contributed by atoms with E-state index in [1.165, 1.54) is 12.1 Å². The summed E-state index contributed by atoms with van der Waals surface area (Å²) in [6, 6.07) is 3.23. The van der Waals surface area contributed by atoms with Gasteiger partial charge in [0.15, 0.2) is 0 Å². The van der Waals surface area contributed by atoms with Gasteiger partial charge in [-0.3, -0.25) is 4.79 Å². The summed E-state index contributed by atoms with van der Waals surface area (Å²) in [5, 5.41) is 2.60. The van der Waals surface area contributed by atoms with Gasteiger partial charge in [-0.25, -0.2) is 0 Å². The lowest BCUT2D eigenvalue weighted by atomic mass is 10.1. The normalized spacial score (nSPS) is 16.0. The smallest absolute Gasteiger partial charge is 0.348 e. The third-order valence-electron chi connectivity index (χ3n) is 3.29. The highest BCUT2D eigenvalue weighted by Crippen LogP contribution is 2.35. The van der Waals surface area contributed by atoms with Crippen LogP contribution >= 0.6 is 28.3 Å². The Kier molecular flexibility index (Phi) is 6.07. The van der Waals surface area contributed by atoms with Crippen LogP contribution in [0.3, 0.4) is 0 Å². The second kappa shape index (κ2) is 6.98. The summed E-state index contributed by atoms with van der Waals surface area (Å²) < 4.78 is 39.1. The van der Waals surface area contributed by atoms with Gasteiger partial charge in [-0.2, -0.15) is 13.2 Å². The number of nitrogens with one attached hydrogen (secondary N) is 1. The first-order valence-electron chi connectivity index (χ1n) is 6.20. The van der Waals surface area contributed by atoms with Crippen LogP contribution in [0.5, 0.6) is 0 Å². The molecule has 1 aromatic carbocycles. The third kappa shape index (κ3) is 4.59. The van der Waals surface area contributed by atoms with Crippen molar-refractivity contribution in [2.75, 3.05) is 6.54 Å². The van der Waals surface area contributed by atoms with E-state index in [0.29, 0.717) is 0 Å². The molecule has 3 N–H and O–H groups in total. The molecular weight excluding hydrogens is 373 g/mol. The lowest BCUT2D eigenvalue weighted by Gasteiger charge is -2.18. The summed E-state index contributed by atoms with van der Waals surface area (Å²) in [6.45, 7) is 0.230. The minimum Gasteiger partial charge on any atom is -0.348 e. The van der Waals surface area contributed by atoms with Crippen molar-refractivity contribution in [3.8, 4) is 0 Å². The zero-order chi connectivity index (χ0) is 14.9. The number of nitrogens with two attached hydrogens (primary N) is 1. The van der Waals surface area contributed by atoms with Gasteiger partial charge in [0, 0.05) is 17.1 Å². The molecule has 1 aliphatic rings. The van der Waals surface area contributed by atoms with E-state index in [2.05, 4.69) is 21.2 Å². The molecule has 8 heteroatoms. The standard InChI is InChI=1S/C13H14BrF3N2O.ClH/c14-8-3-4-9(10(5-8)13(15,16)17)12(20)19-11(6-18)7-1-2-7;/h3-5,7,11H,1-2,6,18H2,(H,19,20);1H. The Balaban J connectivity index is 0.00000220. The van der Waals surface area contributed by atoms with Crippen molar-refractivity contribution in [3.05, 3.63) is 33.8 Å². The molecule has 0 radical (unpaired) electrons. The van der Waals surface area contributed by atoms with Crippen LogP contribution in [0.25, 0.3) is 0 Å². The van der Waals surface area contributed by atoms with Crippen LogP contribution in [0, 0.1) is 5.92 Å². The minimum absolute atomic E-state index is 0. The first kappa shape index (κ1) is 18.3. The van der Waals surface area contributed by atoms with Crippen molar-refractivity contribution in [3.63, 3.8) is 0 Å². The van der Waals surface area contributed by atoms with E-state index in [1.54, 1.807) is 0 Å². The van der Waals surface area contributed by atoms with Crippen LogP contribution in [0.15, 0.2) is 22.7 Å². The Morgan fingerprint density at radius 3 is 2.52 bits per heavy atom. The highest BCUT2D eigenvalue weighted by Gasteiger charge is 2.37. The summed E-state index contributed by atoms with van der Waals surface area (Å²) >= 11 is 2.98. The van der Waals surface area contributed by atoms with Crippen molar-refractivity contribution >= 4 is 34.2 Å². The second-order valence-electron chi connectivity index (χ2n) is 4.84. The van der Waals surface area contributed by atoms with Crippen LogP contribution in [0.1, 0.15) is 28.8 Å². The van der Waals surface area contributed by atoms with E-state index in [-0.39, 0.29) is 40.9 Å². The van der Waals surface area contributed by atoms with Crippen LogP contribution < -0.4 is 11.1 Å². The fraction of sp³-hybridized carbons (Fsp3) is 0.462. The molecule has 3 nitrogen and oxygen atoms in total. The SMILES string of the molecule is Cl.NCC(NC(=O)c1ccc(Br)cc1C(F)(F)F)C1CC1. The average Bonchev–Trinajstić information content (AvgIpc) is 3.18. The Labute approximate surface area is 135 Å². The number of hydrogen-bond acceptors (Lipinski definition) is 2. The molecule has 0 aliphatic heterocycles. The molecule has 1 aliphatic carbocycles. The number of carbonyl (C=O) groups excluding carboxylic acids is 1. The number of rotatable bonds is 4. The van der Waals surface area contributed by atoms with Crippen LogP contribution in [0.4, 0.5) is 13.2 Å². The fourth-order valence-corrected chi connectivity index (χ4v) is 2.42. The zero-order valence-electron chi connectivity index (χ0n) is 10.9. The summed E-state index contributed by atoms with van der Waals surface area (Å²) in [6.07, 6.45) is -2.67. The summed E-state index contributed by atoms with van der Waals surface area (Å²) in [5.41, 5.74) is 4.22. The average molecular weight is 388 g/mol. The van der Waals surface area contributed by atoms with E-state index in [1.807, 2.05) is 0 Å². The van der Waals surface area contributed by atoms with Gasteiger partial charge < -0.3 is 11.1 Å². The summed E-state index contributed by atoms with van der Waals surface area (Å²) in [5.74, 6) is -0.444. The van der Waals surface area contributed by atoms with E-state index in [9.17, 15) is 18.0 Å². The number of alkyl halides is 3. The van der Waals surface area contributed by atoms with E-state index < -0.39 is 17.6 Å². The predicted octanol–water partition coefficient (Wildman–Crippen LogP) is 3.36. The first-order chi connectivity index (χ1) is 9.32. The molecule has 0 bridgehead atoms. The monoisotopic (exact) mass is 386 g/mol. The molecule has 1 amide bonds. The Morgan fingerprint density at radius 2 is 2.05 bits per heavy atom. The van der Waals surface area contributed by atoms with Crippen LogP contribution in [-0.4, -0.2) is 18.5 Å². The summed E-state index contributed by atoms with van der Waals surface area (Å²) in [7, 11) is 0. The molecule has 1 unspecified atom stereocenters. The molecule has 2 rings (SSSR count). The molecule has 1 fully saturated rings. The Hall–Kier alpha value is -0.790. The fourth-order valence-electron chi connectivity index (χ4n) is 2.06. The van der Waals surface area contributed by atoms with E-state index >= 15 is 0 Å². The minimum atomic E-state index is -4.58. The molecule has 0 saturated heterocycles. The van der Waals surface area contributed by atoms with Gasteiger partial charge in [0.05, 0.1) is 11.1 Å². The number of hydrogen-bond donors (Lipinski definition) is 2. The van der Waals surface area contributed by atoms with Gasteiger partial charge in [0.2, 0.25) is 0 Å². The molecule has 0 aromatic heterocycles. The molecule has 0 heterocycles. The predicted molar refractivity (Wildman–Crippen MR) is 79.4 cm³/mol. The molecule has 118 valence electrons. The maximum Gasteiger partial charge on any atom is 0.417 e. The van der Waals surface area contributed by atoms with Gasteiger partial charge in [-0.15, -0.1) is 12.4 Å². The van der Waals surface area contributed by atoms with Crippen molar-refractivity contribution < 1.29 is 18.0 Å². The highest BCUT2D eigenvalue weighted by molar-refractivity contribution is 9.10. The number of halogens is 5.